The Morgan fingerprint density at radius 2 is 1.65 bits per heavy atom. The Labute approximate surface area is 182 Å². The van der Waals surface area contributed by atoms with Crippen molar-refractivity contribution >= 4 is 23.4 Å². The Hall–Kier alpha value is -3.19. The van der Waals surface area contributed by atoms with E-state index in [4.69, 9.17) is 5.73 Å². The zero-order valence-electron chi connectivity index (χ0n) is 17.5. The number of hydrogen-bond acceptors (Lipinski definition) is 4. The molecular weight excluding hydrogens is 392 g/mol. The van der Waals surface area contributed by atoms with Gasteiger partial charge in [0, 0.05) is 12.6 Å². The van der Waals surface area contributed by atoms with E-state index in [0.29, 0.717) is 24.2 Å². The summed E-state index contributed by atoms with van der Waals surface area (Å²) in [6, 6.07) is 14.5. The lowest BCUT2D eigenvalue weighted by molar-refractivity contribution is -0.125. The number of primary amides is 1. The lowest BCUT2D eigenvalue weighted by atomic mass is 9.93. The van der Waals surface area contributed by atoms with Crippen molar-refractivity contribution in [3.63, 3.8) is 0 Å². The summed E-state index contributed by atoms with van der Waals surface area (Å²) >= 11 is 0. The Morgan fingerprint density at radius 1 is 0.968 bits per heavy atom. The number of rotatable bonds is 6. The number of nitrogens with one attached hydrogen (secondary N) is 2. The zero-order chi connectivity index (χ0) is 21.8. The highest BCUT2D eigenvalue weighted by Gasteiger charge is 2.31. The third-order valence-corrected chi connectivity index (χ3v) is 6.16. The second kappa shape index (κ2) is 9.31. The molecular formula is C24H28N4O3. The van der Waals surface area contributed by atoms with Crippen LogP contribution in [0.25, 0.3) is 0 Å². The van der Waals surface area contributed by atoms with Crippen molar-refractivity contribution in [3.8, 4) is 0 Å². The van der Waals surface area contributed by atoms with Crippen molar-refractivity contribution in [1.29, 1.82) is 0 Å². The molecule has 1 saturated carbocycles. The molecule has 31 heavy (non-hydrogen) atoms. The molecule has 1 aliphatic carbocycles. The number of nitrogens with zero attached hydrogens (tertiary/aromatic N) is 1. The van der Waals surface area contributed by atoms with E-state index in [1.54, 1.807) is 29.2 Å². The van der Waals surface area contributed by atoms with Crippen LogP contribution in [0.2, 0.25) is 0 Å². The third-order valence-electron chi connectivity index (χ3n) is 6.16. The third kappa shape index (κ3) is 4.94. The van der Waals surface area contributed by atoms with Gasteiger partial charge in [-0.05, 0) is 42.5 Å². The van der Waals surface area contributed by atoms with E-state index in [1.807, 2.05) is 24.3 Å². The van der Waals surface area contributed by atoms with E-state index >= 15 is 0 Å². The van der Waals surface area contributed by atoms with Crippen LogP contribution in [0.15, 0.2) is 48.5 Å². The number of nitrogens with two attached hydrogens (primary N) is 1. The Bertz CT molecular complexity index is 984. The molecule has 0 aromatic heterocycles. The second-order valence-corrected chi connectivity index (χ2v) is 8.34. The van der Waals surface area contributed by atoms with Gasteiger partial charge < -0.3 is 16.4 Å². The van der Waals surface area contributed by atoms with Crippen LogP contribution in [0.5, 0.6) is 0 Å². The Kier molecular flexibility index (Phi) is 6.32. The molecule has 4 N–H and O–H groups in total. The summed E-state index contributed by atoms with van der Waals surface area (Å²) in [6.07, 6.45) is 4.72. The number of hydrogen-bond donors (Lipinski definition) is 3. The lowest BCUT2D eigenvalue weighted by Crippen LogP contribution is -2.51. The number of para-hydroxylation sites is 1. The summed E-state index contributed by atoms with van der Waals surface area (Å²) in [7, 11) is 0. The molecule has 1 heterocycles. The van der Waals surface area contributed by atoms with Crippen LogP contribution in [0, 0.1) is 0 Å². The maximum absolute atomic E-state index is 12.8. The molecule has 7 nitrogen and oxygen atoms in total. The maximum Gasteiger partial charge on any atom is 0.253 e. The summed E-state index contributed by atoms with van der Waals surface area (Å²) in [5.74, 6) is -0.907. The zero-order valence-corrected chi connectivity index (χ0v) is 17.5. The molecule has 1 fully saturated rings. The minimum Gasteiger partial charge on any atom is -0.368 e. The summed E-state index contributed by atoms with van der Waals surface area (Å²) < 4.78 is 0. The van der Waals surface area contributed by atoms with Crippen LogP contribution in [0.3, 0.4) is 0 Å². The van der Waals surface area contributed by atoms with E-state index in [1.165, 1.54) is 0 Å². The van der Waals surface area contributed by atoms with Gasteiger partial charge in [-0.25, -0.2) is 0 Å². The van der Waals surface area contributed by atoms with Crippen molar-refractivity contribution in [3.05, 3.63) is 65.2 Å². The van der Waals surface area contributed by atoms with Gasteiger partial charge in [-0.1, -0.05) is 49.2 Å². The fourth-order valence-electron chi connectivity index (χ4n) is 4.52. The van der Waals surface area contributed by atoms with Gasteiger partial charge in [-0.2, -0.15) is 0 Å². The van der Waals surface area contributed by atoms with Gasteiger partial charge in [0.2, 0.25) is 11.8 Å². The standard InChI is InChI=1S/C24H28N4O3/c25-23(30)21-13-16-7-1-2-8-17(16)14-28(21)15-22(29)27-20-12-6-5-11-19(20)24(31)26-18-9-3-4-10-18/h1-2,5-8,11-12,18,21H,3-4,9-10,13-15H2,(H2,25,30)(H,26,31)(H,27,29)/t21-/m0/s1. The van der Waals surface area contributed by atoms with Gasteiger partial charge in [0.05, 0.1) is 23.8 Å². The number of carbonyl (C=O) groups is 3. The van der Waals surface area contributed by atoms with Crippen molar-refractivity contribution in [2.75, 3.05) is 11.9 Å². The molecule has 2 aromatic rings. The van der Waals surface area contributed by atoms with Gasteiger partial charge >= 0.3 is 0 Å². The van der Waals surface area contributed by atoms with Crippen LogP contribution >= 0.6 is 0 Å². The minimum atomic E-state index is -0.540. The molecule has 2 aromatic carbocycles. The monoisotopic (exact) mass is 420 g/mol. The van der Waals surface area contributed by atoms with E-state index in [0.717, 1.165) is 36.8 Å². The fourth-order valence-corrected chi connectivity index (χ4v) is 4.52. The van der Waals surface area contributed by atoms with Gasteiger partial charge in [-0.15, -0.1) is 0 Å². The smallest absolute Gasteiger partial charge is 0.253 e. The van der Waals surface area contributed by atoms with Crippen LogP contribution in [0.1, 0.15) is 47.2 Å². The molecule has 1 aliphatic heterocycles. The second-order valence-electron chi connectivity index (χ2n) is 8.34. The average molecular weight is 421 g/mol. The van der Waals surface area contributed by atoms with Crippen LogP contribution < -0.4 is 16.4 Å². The summed E-state index contributed by atoms with van der Waals surface area (Å²) in [5, 5.41) is 5.91. The number of amides is 3. The number of anilines is 1. The number of benzene rings is 2. The fraction of sp³-hybridized carbons (Fsp3) is 0.375. The van der Waals surface area contributed by atoms with E-state index < -0.39 is 11.9 Å². The first-order valence-corrected chi connectivity index (χ1v) is 10.8. The lowest BCUT2D eigenvalue weighted by Gasteiger charge is -2.34. The predicted octanol–water partition coefficient (Wildman–Crippen LogP) is 2.21. The van der Waals surface area contributed by atoms with Gasteiger partial charge in [-0.3, -0.25) is 19.3 Å². The quantitative estimate of drug-likeness (QED) is 0.666. The van der Waals surface area contributed by atoms with E-state index in [-0.39, 0.29) is 24.4 Å². The summed E-state index contributed by atoms with van der Waals surface area (Å²) in [5.41, 5.74) is 8.70. The summed E-state index contributed by atoms with van der Waals surface area (Å²) in [4.78, 5) is 39.4. The molecule has 0 saturated heterocycles. The average Bonchev–Trinajstić information content (AvgIpc) is 3.26. The highest BCUT2D eigenvalue weighted by atomic mass is 16.2. The van der Waals surface area contributed by atoms with Crippen LogP contribution in [0.4, 0.5) is 5.69 Å². The van der Waals surface area contributed by atoms with Gasteiger partial charge in [0.1, 0.15) is 0 Å². The number of fused-ring (bicyclic) bond motifs is 1. The highest BCUT2D eigenvalue weighted by Crippen LogP contribution is 2.24. The molecule has 0 spiro atoms. The van der Waals surface area contributed by atoms with Crippen LogP contribution in [-0.4, -0.2) is 41.2 Å². The Balaban J connectivity index is 1.45. The molecule has 7 heteroatoms. The normalized spacial score (nSPS) is 18.9. The van der Waals surface area contributed by atoms with Gasteiger partial charge in [0.15, 0.2) is 0 Å². The molecule has 2 aliphatic rings. The van der Waals surface area contributed by atoms with Crippen molar-refractivity contribution in [2.24, 2.45) is 5.73 Å². The van der Waals surface area contributed by atoms with Crippen LogP contribution in [-0.2, 0) is 22.6 Å². The predicted molar refractivity (Wildman–Crippen MR) is 118 cm³/mol. The van der Waals surface area contributed by atoms with Crippen molar-refractivity contribution < 1.29 is 14.4 Å². The van der Waals surface area contributed by atoms with Gasteiger partial charge in [0.25, 0.3) is 5.91 Å². The van der Waals surface area contributed by atoms with E-state index in [9.17, 15) is 14.4 Å². The maximum atomic E-state index is 12.8. The molecule has 162 valence electrons. The molecule has 3 amide bonds. The topological polar surface area (TPSA) is 105 Å². The number of carbonyl (C=O) groups excluding carboxylic acids is 3. The molecule has 0 radical (unpaired) electrons. The molecule has 4 rings (SSSR count). The van der Waals surface area contributed by atoms with E-state index in [2.05, 4.69) is 10.6 Å². The van der Waals surface area contributed by atoms with Crippen molar-refractivity contribution in [1.82, 2.24) is 10.2 Å². The largest absolute Gasteiger partial charge is 0.368 e. The molecule has 1 atom stereocenters. The first-order valence-electron chi connectivity index (χ1n) is 10.8. The molecule has 0 bridgehead atoms. The SMILES string of the molecule is NC(=O)[C@@H]1Cc2ccccc2CN1CC(=O)Nc1ccccc1C(=O)NC1CCCC1. The Morgan fingerprint density at radius 3 is 2.39 bits per heavy atom. The highest BCUT2D eigenvalue weighted by molar-refractivity contribution is 6.04. The summed E-state index contributed by atoms with van der Waals surface area (Å²) in [6.45, 7) is 0.488. The van der Waals surface area contributed by atoms with Crippen molar-refractivity contribution in [2.45, 2.75) is 50.7 Å². The molecule has 0 unspecified atom stereocenters. The first-order chi connectivity index (χ1) is 15.0. The first kappa shape index (κ1) is 21.1. The minimum absolute atomic E-state index is 0.0144.